The maximum atomic E-state index is 5.81. The van der Waals surface area contributed by atoms with E-state index in [2.05, 4.69) is 10.2 Å². The summed E-state index contributed by atoms with van der Waals surface area (Å²) in [7, 11) is 1.90. The van der Waals surface area contributed by atoms with Crippen LogP contribution in [0.5, 0.6) is 0 Å². The van der Waals surface area contributed by atoms with E-state index in [-0.39, 0.29) is 0 Å². The van der Waals surface area contributed by atoms with Crippen molar-refractivity contribution < 1.29 is 0 Å². The van der Waals surface area contributed by atoms with Crippen molar-refractivity contribution in [2.24, 2.45) is 7.05 Å². The predicted molar refractivity (Wildman–Crippen MR) is 58.7 cm³/mol. The first-order valence-corrected chi connectivity index (χ1v) is 4.91. The Balaban J connectivity index is 2.29. The Morgan fingerprint density at radius 1 is 1.40 bits per heavy atom. The highest BCUT2D eigenvalue weighted by Crippen LogP contribution is 2.18. The van der Waals surface area contributed by atoms with Gasteiger partial charge in [0.15, 0.2) is 0 Å². The van der Waals surface area contributed by atoms with Gasteiger partial charge in [-0.15, -0.1) is 0 Å². The summed E-state index contributed by atoms with van der Waals surface area (Å²) in [4.78, 5) is 0. The molecule has 80 valence electrons. The van der Waals surface area contributed by atoms with Crippen molar-refractivity contribution in [1.29, 1.82) is 0 Å². The summed E-state index contributed by atoms with van der Waals surface area (Å²) in [6.45, 7) is 2.60. The second-order valence-corrected chi connectivity index (χ2v) is 3.82. The lowest BCUT2D eigenvalue weighted by molar-refractivity contribution is 0.687. The highest BCUT2D eigenvalue weighted by Gasteiger charge is 2.09. The average molecular weight is 226 g/mol. The van der Waals surface area contributed by atoms with E-state index in [0.29, 0.717) is 17.4 Å². The van der Waals surface area contributed by atoms with Crippen molar-refractivity contribution in [3.05, 3.63) is 28.7 Å². The molecule has 0 aromatic carbocycles. The Kier molecular flexibility index (Phi) is 2.40. The number of hydrogen-bond donors (Lipinski definition) is 1. The number of aryl methyl sites for hydroxylation is 1. The molecule has 6 heteroatoms. The number of nitrogens with zero attached hydrogens (tertiary/aromatic N) is 4. The van der Waals surface area contributed by atoms with E-state index < -0.39 is 0 Å². The highest BCUT2D eigenvalue weighted by atomic mass is 35.5. The Morgan fingerprint density at radius 3 is 2.60 bits per heavy atom. The second kappa shape index (κ2) is 3.58. The van der Waals surface area contributed by atoms with Crippen LogP contribution in [-0.2, 0) is 13.6 Å². The normalized spacial score (nSPS) is 10.9. The molecule has 0 radical (unpaired) electrons. The molecule has 2 heterocycles. The molecular weight excluding hydrogens is 214 g/mol. The lowest BCUT2D eigenvalue weighted by atomic mass is 10.2. The minimum Gasteiger partial charge on any atom is -0.383 e. The summed E-state index contributed by atoms with van der Waals surface area (Å²) in [5.74, 6) is 0.486. The van der Waals surface area contributed by atoms with Crippen LogP contribution in [0.15, 0.2) is 12.4 Å². The van der Waals surface area contributed by atoms with Crippen molar-refractivity contribution >= 4 is 17.4 Å². The van der Waals surface area contributed by atoms with Gasteiger partial charge in [0, 0.05) is 18.3 Å². The van der Waals surface area contributed by atoms with Crippen molar-refractivity contribution in [3.63, 3.8) is 0 Å². The molecule has 0 fully saturated rings. The third kappa shape index (κ3) is 1.70. The van der Waals surface area contributed by atoms with Gasteiger partial charge in [-0.2, -0.15) is 10.2 Å². The standard InChI is InChI=1S/C9H12ClN5/c1-6-7(3-12-14(6)2)5-15-9(11)8(10)4-13-15/h3-4H,5,11H2,1-2H3. The van der Waals surface area contributed by atoms with Gasteiger partial charge in [0.2, 0.25) is 0 Å². The van der Waals surface area contributed by atoms with Gasteiger partial charge >= 0.3 is 0 Å². The van der Waals surface area contributed by atoms with Crippen LogP contribution in [0.1, 0.15) is 11.3 Å². The Hall–Kier alpha value is -1.49. The zero-order valence-corrected chi connectivity index (χ0v) is 9.36. The fourth-order valence-corrected chi connectivity index (χ4v) is 1.50. The third-order valence-corrected chi connectivity index (χ3v) is 2.78. The number of hydrogen-bond acceptors (Lipinski definition) is 3. The zero-order chi connectivity index (χ0) is 11.0. The van der Waals surface area contributed by atoms with Gasteiger partial charge in [0.1, 0.15) is 10.8 Å². The van der Waals surface area contributed by atoms with Crippen LogP contribution in [0.3, 0.4) is 0 Å². The molecule has 0 aliphatic rings. The molecular formula is C9H12ClN5. The van der Waals surface area contributed by atoms with Crippen LogP contribution >= 0.6 is 11.6 Å². The van der Waals surface area contributed by atoms with E-state index in [0.717, 1.165) is 11.3 Å². The molecule has 15 heavy (non-hydrogen) atoms. The topological polar surface area (TPSA) is 61.7 Å². The largest absolute Gasteiger partial charge is 0.383 e. The van der Waals surface area contributed by atoms with Gasteiger partial charge in [0.05, 0.1) is 18.9 Å². The monoisotopic (exact) mass is 225 g/mol. The molecule has 0 amide bonds. The summed E-state index contributed by atoms with van der Waals surface area (Å²) < 4.78 is 3.48. The SMILES string of the molecule is Cc1c(Cn2ncc(Cl)c2N)cnn1C. The number of rotatable bonds is 2. The van der Waals surface area contributed by atoms with Crippen molar-refractivity contribution in [2.75, 3.05) is 5.73 Å². The van der Waals surface area contributed by atoms with E-state index in [1.807, 2.05) is 24.9 Å². The molecule has 2 rings (SSSR count). The van der Waals surface area contributed by atoms with Crippen LogP contribution in [-0.4, -0.2) is 19.6 Å². The molecule has 5 nitrogen and oxygen atoms in total. The number of halogens is 1. The van der Waals surface area contributed by atoms with Gasteiger partial charge in [-0.3, -0.25) is 4.68 Å². The Morgan fingerprint density at radius 2 is 2.13 bits per heavy atom. The van der Waals surface area contributed by atoms with Crippen LogP contribution in [0.25, 0.3) is 0 Å². The average Bonchev–Trinajstić information content (AvgIpc) is 2.68. The first kappa shape index (κ1) is 10.0. The molecule has 2 aromatic heterocycles. The summed E-state index contributed by atoms with van der Waals surface area (Å²) in [5.41, 5.74) is 7.93. The third-order valence-electron chi connectivity index (χ3n) is 2.49. The lowest BCUT2D eigenvalue weighted by Gasteiger charge is -2.03. The van der Waals surface area contributed by atoms with Crippen LogP contribution in [0.4, 0.5) is 5.82 Å². The maximum absolute atomic E-state index is 5.81. The summed E-state index contributed by atoms with van der Waals surface area (Å²) in [6, 6.07) is 0. The minimum absolute atomic E-state index is 0.483. The fourth-order valence-electron chi connectivity index (χ4n) is 1.36. The van der Waals surface area contributed by atoms with Gasteiger partial charge < -0.3 is 5.73 Å². The van der Waals surface area contributed by atoms with Crippen LogP contribution in [0.2, 0.25) is 5.02 Å². The second-order valence-electron chi connectivity index (χ2n) is 3.41. The molecule has 0 aliphatic heterocycles. The molecule has 0 spiro atoms. The summed E-state index contributed by atoms with van der Waals surface area (Å²) in [5, 5.41) is 8.72. The summed E-state index contributed by atoms with van der Waals surface area (Å²) in [6.07, 6.45) is 3.35. The van der Waals surface area contributed by atoms with E-state index >= 15 is 0 Å². The molecule has 0 atom stereocenters. The Labute approximate surface area is 92.4 Å². The van der Waals surface area contributed by atoms with Gasteiger partial charge in [0.25, 0.3) is 0 Å². The van der Waals surface area contributed by atoms with Crippen molar-refractivity contribution in [2.45, 2.75) is 13.5 Å². The van der Waals surface area contributed by atoms with Gasteiger partial charge in [-0.1, -0.05) is 11.6 Å². The molecule has 0 saturated carbocycles. The van der Waals surface area contributed by atoms with Crippen molar-refractivity contribution in [1.82, 2.24) is 19.6 Å². The molecule has 0 bridgehead atoms. The highest BCUT2D eigenvalue weighted by molar-refractivity contribution is 6.32. The first-order chi connectivity index (χ1) is 7.09. The molecule has 0 aliphatic carbocycles. The van der Waals surface area contributed by atoms with Gasteiger partial charge in [-0.25, -0.2) is 4.68 Å². The number of nitrogen functional groups attached to an aromatic ring is 1. The number of anilines is 1. The summed E-state index contributed by atoms with van der Waals surface area (Å²) >= 11 is 5.81. The molecule has 0 unspecified atom stereocenters. The van der Waals surface area contributed by atoms with Gasteiger partial charge in [-0.05, 0) is 6.92 Å². The lowest BCUT2D eigenvalue weighted by Crippen LogP contribution is -2.06. The molecule has 2 N–H and O–H groups in total. The quantitative estimate of drug-likeness (QED) is 0.836. The number of nitrogens with two attached hydrogens (primary N) is 1. The van der Waals surface area contributed by atoms with E-state index in [9.17, 15) is 0 Å². The van der Waals surface area contributed by atoms with E-state index in [1.54, 1.807) is 10.9 Å². The smallest absolute Gasteiger partial charge is 0.140 e. The van der Waals surface area contributed by atoms with E-state index in [1.165, 1.54) is 0 Å². The van der Waals surface area contributed by atoms with Crippen molar-refractivity contribution in [3.8, 4) is 0 Å². The first-order valence-electron chi connectivity index (χ1n) is 4.54. The zero-order valence-electron chi connectivity index (χ0n) is 8.61. The Bertz CT molecular complexity index is 440. The van der Waals surface area contributed by atoms with Crippen LogP contribution in [0, 0.1) is 6.92 Å². The van der Waals surface area contributed by atoms with Crippen LogP contribution < -0.4 is 5.73 Å². The maximum Gasteiger partial charge on any atom is 0.140 e. The molecule has 2 aromatic rings. The van der Waals surface area contributed by atoms with E-state index in [4.69, 9.17) is 17.3 Å². The fraction of sp³-hybridized carbons (Fsp3) is 0.333. The number of aromatic nitrogens is 4. The molecule has 0 saturated heterocycles. The predicted octanol–water partition coefficient (Wildman–Crippen LogP) is 1.21. The minimum atomic E-state index is 0.483.